The maximum atomic E-state index is 12.0. The standard InChI is InChI=1S/C14H19N3O4/c18-13(19)10-21-12-3-6-17(7-4-12)14(20)16-9-11-2-1-5-15-8-11/h1-2,5,8,12H,3-4,6-7,9-10H2,(H,16,20)(H,18,19). The van der Waals surface area contributed by atoms with E-state index in [0.717, 1.165) is 5.56 Å². The van der Waals surface area contributed by atoms with Crippen LogP contribution in [-0.4, -0.2) is 52.8 Å². The summed E-state index contributed by atoms with van der Waals surface area (Å²) in [5.41, 5.74) is 0.950. The molecule has 0 atom stereocenters. The molecule has 7 heteroatoms. The highest BCUT2D eigenvalue weighted by Crippen LogP contribution is 2.13. The number of rotatable bonds is 5. The third kappa shape index (κ3) is 5.03. The van der Waals surface area contributed by atoms with Crippen molar-refractivity contribution in [3.8, 4) is 0 Å². The summed E-state index contributed by atoms with van der Waals surface area (Å²) in [5.74, 6) is -0.966. The molecule has 0 radical (unpaired) electrons. The molecule has 1 aliphatic heterocycles. The lowest BCUT2D eigenvalue weighted by atomic mass is 10.1. The summed E-state index contributed by atoms with van der Waals surface area (Å²) in [6.07, 6.45) is 4.64. The van der Waals surface area contributed by atoms with E-state index < -0.39 is 5.97 Å². The largest absolute Gasteiger partial charge is 0.480 e. The van der Waals surface area contributed by atoms with E-state index in [1.54, 1.807) is 17.3 Å². The van der Waals surface area contributed by atoms with Crippen LogP contribution in [0.2, 0.25) is 0 Å². The van der Waals surface area contributed by atoms with Crippen LogP contribution in [-0.2, 0) is 16.1 Å². The van der Waals surface area contributed by atoms with Gasteiger partial charge in [0.05, 0.1) is 6.10 Å². The Morgan fingerprint density at radius 1 is 1.43 bits per heavy atom. The van der Waals surface area contributed by atoms with Gasteiger partial charge in [-0.3, -0.25) is 4.98 Å². The quantitative estimate of drug-likeness (QED) is 0.840. The summed E-state index contributed by atoms with van der Waals surface area (Å²) in [4.78, 5) is 28.1. The van der Waals surface area contributed by atoms with Gasteiger partial charge in [0.1, 0.15) is 6.61 Å². The molecule has 2 heterocycles. The average Bonchev–Trinajstić information content (AvgIpc) is 2.52. The Hall–Kier alpha value is -2.15. The lowest BCUT2D eigenvalue weighted by Crippen LogP contribution is -2.45. The van der Waals surface area contributed by atoms with Crippen LogP contribution in [0.3, 0.4) is 0 Å². The summed E-state index contributed by atoms with van der Waals surface area (Å²) in [6, 6.07) is 3.61. The van der Waals surface area contributed by atoms with Crippen LogP contribution in [0.5, 0.6) is 0 Å². The van der Waals surface area contributed by atoms with E-state index in [2.05, 4.69) is 10.3 Å². The predicted molar refractivity (Wildman–Crippen MR) is 74.7 cm³/mol. The Kier molecular flexibility index (Phi) is 5.51. The first-order valence-corrected chi connectivity index (χ1v) is 6.90. The number of hydrogen-bond acceptors (Lipinski definition) is 4. The number of nitrogens with zero attached hydrogens (tertiary/aromatic N) is 2. The number of ether oxygens (including phenoxy) is 1. The minimum Gasteiger partial charge on any atom is -0.480 e. The molecule has 0 saturated carbocycles. The second kappa shape index (κ2) is 7.58. The molecule has 7 nitrogen and oxygen atoms in total. The number of pyridine rings is 1. The van der Waals surface area contributed by atoms with Crippen LogP contribution < -0.4 is 5.32 Å². The van der Waals surface area contributed by atoms with Crippen molar-refractivity contribution in [1.29, 1.82) is 0 Å². The average molecular weight is 293 g/mol. The van der Waals surface area contributed by atoms with E-state index in [0.29, 0.717) is 32.5 Å². The zero-order valence-electron chi connectivity index (χ0n) is 11.7. The number of nitrogens with one attached hydrogen (secondary N) is 1. The van der Waals surface area contributed by atoms with Crippen LogP contribution >= 0.6 is 0 Å². The van der Waals surface area contributed by atoms with Crippen molar-refractivity contribution >= 4 is 12.0 Å². The van der Waals surface area contributed by atoms with Gasteiger partial charge < -0.3 is 20.1 Å². The second-order valence-electron chi connectivity index (χ2n) is 4.91. The Morgan fingerprint density at radius 2 is 2.19 bits per heavy atom. The fourth-order valence-corrected chi connectivity index (χ4v) is 2.21. The molecule has 0 aromatic carbocycles. The van der Waals surface area contributed by atoms with Crippen molar-refractivity contribution in [2.24, 2.45) is 0 Å². The number of aromatic nitrogens is 1. The van der Waals surface area contributed by atoms with E-state index in [9.17, 15) is 9.59 Å². The number of hydrogen-bond donors (Lipinski definition) is 2. The minimum absolute atomic E-state index is 0.0801. The smallest absolute Gasteiger partial charge is 0.329 e. The molecule has 1 fully saturated rings. The maximum absolute atomic E-state index is 12.0. The Bertz CT molecular complexity index is 472. The van der Waals surface area contributed by atoms with Gasteiger partial charge in [0, 0.05) is 32.0 Å². The fourth-order valence-electron chi connectivity index (χ4n) is 2.21. The van der Waals surface area contributed by atoms with Gasteiger partial charge in [-0.15, -0.1) is 0 Å². The number of carboxylic acids is 1. The highest BCUT2D eigenvalue weighted by molar-refractivity contribution is 5.74. The minimum atomic E-state index is -0.966. The molecule has 0 spiro atoms. The number of amides is 2. The van der Waals surface area contributed by atoms with Crippen molar-refractivity contribution in [2.75, 3.05) is 19.7 Å². The monoisotopic (exact) mass is 293 g/mol. The SMILES string of the molecule is O=C(O)COC1CCN(C(=O)NCc2cccnc2)CC1. The summed E-state index contributed by atoms with van der Waals surface area (Å²) in [7, 11) is 0. The predicted octanol–water partition coefficient (Wildman–Crippen LogP) is 0.857. The summed E-state index contributed by atoms with van der Waals surface area (Å²) >= 11 is 0. The Balaban J connectivity index is 1.69. The molecule has 1 aliphatic rings. The number of urea groups is 1. The van der Waals surface area contributed by atoms with E-state index in [1.807, 2.05) is 12.1 Å². The Labute approximate surface area is 122 Å². The summed E-state index contributed by atoms with van der Waals surface area (Å²) in [5, 5.41) is 11.4. The zero-order chi connectivity index (χ0) is 15.1. The van der Waals surface area contributed by atoms with Crippen LogP contribution in [0.15, 0.2) is 24.5 Å². The third-order valence-corrected chi connectivity index (χ3v) is 3.34. The number of likely N-dealkylation sites (tertiary alicyclic amines) is 1. The van der Waals surface area contributed by atoms with Crippen molar-refractivity contribution in [1.82, 2.24) is 15.2 Å². The molecule has 1 saturated heterocycles. The number of piperidine rings is 1. The van der Waals surface area contributed by atoms with Gasteiger partial charge in [0.2, 0.25) is 0 Å². The van der Waals surface area contributed by atoms with Crippen LogP contribution in [0.4, 0.5) is 4.79 Å². The molecular weight excluding hydrogens is 274 g/mol. The number of aliphatic carboxylic acids is 1. The molecule has 0 bridgehead atoms. The zero-order valence-corrected chi connectivity index (χ0v) is 11.7. The molecule has 2 amide bonds. The van der Waals surface area contributed by atoms with E-state index >= 15 is 0 Å². The van der Waals surface area contributed by atoms with Gasteiger partial charge in [-0.2, -0.15) is 0 Å². The first kappa shape index (κ1) is 15.2. The number of carbonyl (C=O) groups excluding carboxylic acids is 1. The Morgan fingerprint density at radius 3 is 2.81 bits per heavy atom. The first-order chi connectivity index (χ1) is 10.1. The fraction of sp³-hybridized carbons (Fsp3) is 0.500. The number of carboxylic acid groups (broad SMARTS) is 1. The van der Waals surface area contributed by atoms with Crippen molar-refractivity contribution < 1.29 is 19.4 Å². The third-order valence-electron chi connectivity index (χ3n) is 3.34. The molecular formula is C14H19N3O4. The maximum Gasteiger partial charge on any atom is 0.329 e. The van der Waals surface area contributed by atoms with Crippen LogP contribution in [0, 0.1) is 0 Å². The molecule has 114 valence electrons. The first-order valence-electron chi connectivity index (χ1n) is 6.90. The highest BCUT2D eigenvalue weighted by Gasteiger charge is 2.23. The van der Waals surface area contributed by atoms with Crippen LogP contribution in [0.25, 0.3) is 0 Å². The van der Waals surface area contributed by atoms with E-state index in [1.165, 1.54) is 0 Å². The summed E-state index contributed by atoms with van der Waals surface area (Å²) in [6.45, 7) is 1.31. The van der Waals surface area contributed by atoms with Gasteiger partial charge >= 0.3 is 12.0 Å². The molecule has 1 aromatic heterocycles. The van der Waals surface area contributed by atoms with Gasteiger partial charge in [-0.05, 0) is 24.5 Å². The second-order valence-corrected chi connectivity index (χ2v) is 4.91. The van der Waals surface area contributed by atoms with Crippen molar-refractivity contribution in [3.63, 3.8) is 0 Å². The van der Waals surface area contributed by atoms with Crippen molar-refractivity contribution in [2.45, 2.75) is 25.5 Å². The van der Waals surface area contributed by atoms with Gasteiger partial charge in [0.15, 0.2) is 0 Å². The van der Waals surface area contributed by atoms with Crippen molar-refractivity contribution in [3.05, 3.63) is 30.1 Å². The molecule has 21 heavy (non-hydrogen) atoms. The molecule has 0 unspecified atom stereocenters. The highest BCUT2D eigenvalue weighted by atomic mass is 16.5. The number of carbonyl (C=O) groups is 2. The topological polar surface area (TPSA) is 91.8 Å². The normalized spacial score (nSPS) is 15.7. The lowest BCUT2D eigenvalue weighted by molar-refractivity contribution is -0.145. The lowest BCUT2D eigenvalue weighted by Gasteiger charge is -2.31. The molecule has 2 rings (SSSR count). The van der Waals surface area contributed by atoms with E-state index in [4.69, 9.17) is 9.84 Å². The van der Waals surface area contributed by atoms with Crippen LogP contribution in [0.1, 0.15) is 18.4 Å². The van der Waals surface area contributed by atoms with Gasteiger partial charge in [-0.25, -0.2) is 9.59 Å². The van der Waals surface area contributed by atoms with Gasteiger partial charge in [0.25, 0.3) is 0 Å². The van der Waals surface area contributed by atoms with E-state index in [-0.39, 0.29) is 18.7 Å². The molecule has 1 aromatic rings. The summed E-state index contributed by atoms with van der Waals surface area (Å²) < 4.78 is 5.24. The van der Waals surface area contributed by atoms with Gasteiger partial charge in [-0.1, -0.05) is 6.07 Å². The molecule has 0 aliphatic carbocycles. The molecule has 2 N–H and O–H groups in total.